The van der Waals surface area contributed by atoms with Gasteiger partial charge in [-0.3, -0.25) is 0 Å². The molecule has 0 aromatic carbocycles. The molecule has 1 unspecified atom stereocenters. The van der Waals surface area contributed by atoms with E-state index in [1.54, 1.807) is 0 Å². The minimum Gasteiger partial charge on any atom is -0.480 e. The fourth-order valence-corrected chi connectivity index (χ4v) is 1.51. The monoisotopic (exact) mass is 230 g/mol. The predicted octanol–water partition coefficient (Wildman–Crippen LogP) is -0.0803. The number of carboxylic acid groups (broad SMARTS) is 1. The maximum absolute atomic E-state index is 11.4. The van der Waals surface area contributed by atoms with E-state index in [9.17, 15) is 9.59 Å². The Hall–Kier alpha value is -1.30. The van der Waals surface area contributed by atoms with Crippen LogP contribution in [0, 0.1) is 5.92 Å². The Morgan fingerprint density at radius 3 is 2.44 bits per heavy atom. The molecule has 1 aliphatic rings. The number of carboxylic acids is 1. The number of aliphatic hydroxyl groups is 1. The summed E-state index contributed by atoms with van der Waals surface area (Å²) in [6.07, 6.45) is 2.24. The molecule has 6 nitrogen and oxygen atoms in total. The first-order valence-corrected chi connectivity index (χ1v) is 5.45. The van der Waals surface area contributed by atoms with Crippen molar-refractivity contribution >= 4 is 12.0 Å². The molecule has 6 heteroatoms. The average Bonchev–Trinajstić information content (AvgIpc) is 2.99. The fraction of sp³-hybridized carbons (Fsp3) is 0.800. The van der Waals surface area contributed by atoms with Crippen molar-refractivity contribution in [2.45, 2.75) is 38.3 Å². The van der Waals surface area contributed by atoms with Gasteiger partial charge in [-0.05, 0) is 25.7 Å². The summed E-state index contributed by atoms with van der Waals surface area (Å²) in [5.41, 5.74) is 0. The van der Waals surface area contributed by atoms with Crippen molar-refractivity contribution < 1.29 is 19.8 Å². The molecule has 0 aliphatic heterocycles. The van der Waals surface area contributed by atoms with Crippen LogP contribution in [0.2, 0.25) is 0 Å². The lowest BCUT2D eigenvalue weighted by Crippen LogP contribution is -2.49. The Labute approximate surface area is 94.0 Å². The molecule has 4 N–H and O–H groups in total. The highest BCUT2D eigenvalue weighted by Crippen LogP contribution is 2.32. The van der Waals surface area contributed by atoms with Crippen molar-refractivity contribution in [3.63, 3.8) is 0 Å². The van der Waals surface area contributed by atoms with Gasteiger partial charge in [0.2, 0.25) is 0 Å². The molecule has 0 spiro atoms. The van der Waals surface area contributed by atoms with E-state index in [2.05, 4.69) is 10.6 Å². The molecular weight excluding hydrogens is 212 g/mol. The average molecular weight is 230 g/mol. The van der Waals surface area contributed by atoms with Crippen LogP contribution in [0.3, 0.4) is 0 Å². The first-order chi connectivity index (χ1) is 7.54. The number of aliphatic hydroxyl groups excluding tert-OH is 1. The molecule has 92 valence electrons. The molecule has 0 aromatic heterocycles. The molecule has 1 fully saturated rings. The Bertz CT molecular complexity index is 266. The van der Waals surface area contributed by atoms with Crippen LogP contribution in [-0.4, -0.2) is 40.9 Å². The highest BCUT2D eigenvalue weighted by molar-refractivity contribution is 5.82. The lowest BCUT2D eigenvalue weighted by atomic mass is 10.2. The van der Waals surface area contributed by atoms with Crippen LogP contribution in [0.5, 0.6) is 0 Å². The van der Waals surface area contributed by atoms with E-state index in [0.717, 1.165) is 12.8 Å². The molecule has 2 atom stereocenters. The van der Waals surface area contributed by atoms with Gasteiger partial charge in [-0.15, -0.1) is 0 Å². The minimum atomic E-state index is -1.14. The third-order valence-corrected chi connectivity index (χ3v) is 2.71. The summed E-state index contributed by atoms with van der Waals surface area (Å²) in [5, 5.41) is 22.4. The third-order valence-electron chi connectivity index (χ3n) is 2.71. The van der Waals surface area contributed by atoms with E-state index in [1.807, 2.05) is 6.92 Å². The van der Waals surface area contributed by atoms with E-state index >= 15 is 0 Å². The zero-order valence-electron chi connectivity index (χ0n) is 9.27. The fourth-order valence-electron chi connectivity index (χ4n) is 1.51. The second-order valence-corrected chi connectivity index (χ2v) is 4.15. The van der Waals surface area contributed by atoms with Crippen LogP contribution < -0.4 is 10.6 Å². The van der Waals surface area contributed by atoms with Crippen LogP contribution >= 0.6 is 0 Å². The molecule has 1 saturated carbocycles. The molecule has 2 amide bonds. The normalized spacial score (nSPS) is 18.6. The van der Waals surface area contributed by atoms with Gasteiger partial charge >= 0.3 is 12.0 Å². The van der Waals surface area contributed by atoms with Gasteiger partial charge in [0.25, 0.3) is 0 Å². The SMILES string of the molecule is CC(NC(=O)N[C@H](CCO)C(=O)O)C1CC1. The summed E-state index contributed by atoms with van der Waals surface area (Å²) in [5.74, 6) is -0.616. The first kappa shape index (κ1) is 12.8. The molecular formula is C10H18N2O4. The Balaban J connectivity index is 2.32. The minimum absolute atomic E-state index is 0.0144. The largest absolute Gasteiger partial charge is 0.480 e. The standard InChI is InChI=1S/C10H18N2O4/c1-6(7-2-3-7)11-10(16)12-8(4-5-13)9(14)15/h6-8,13H,2-5H2,1H3,(H,14,15)(H2,11,12,16)/t6?,8-/m1/s1. The van der Waals surface area contributed by atoms with Crippen molar-refractivity contribution in [2.75, 3.05) is 6.61 Å². The van der Waals surface area contributed by atoms with Crippen LogP contribution in [0.1, 0.15) is 26.2 Å². The number of hydrogen-bond donors (Lipinski definition) is 4. The van der Waals surface area contributed by atoms with Gasteiger partial charge in [0, 0.05) is 19.1 Å². The van der Waals surface area contributed by atoms with Crippen molar-refractivity contribution in [1.29, 1.82) is 0 Å². The van der Waals surface area contributed by atoms with Gasteiger partial charge < -0.3 is 20.8 Å². The van der Waals surface area contributed by atoms with E-state index in [4.69, 9.17) is 10.2 Å². The van der Waals surface area contributed by atoms with Crippen LogP contribution in [0.4, 0.5) is 4.79 Å². The molecule has 0 radical (unpaired) electrons. The van der Waals surface area contributed by atoms with Crippen LogP contribution in [-0.2, 0) is 4.79 Å². The molecule has 0 heterocycles. The van der Waals surface area contributed by atoms with Crippen molar-refractivity contribution in [1.82, 2.24) is 10.6 Å². The number of carbonyl (C=O) groups is 2. The molecule has 0 bridgehead atoms. The number of urea groups is 1. The smallest absolute Gasteiger partial charge is 0.326 e. The molecule has 16 heavy (non-hydrogen) atoms. The van der Waals surface area contributed by atoms with E-state index in [1.165, 1.54) is 0 Å². The number of rotatable bonds is 6. The predicted molar refractivity (Wildman–Crippen MR) is 57.0 cm³/mol. The highest BCUT2D eigenvalue weighted by atomic mass is 16.4. The summed E-state index contributed by atoms with van der Waals surface area (Å²) < 4.78 is 0. The van der Waals surface area contributed by atoms with Gasteiger partial charge in [-0.2, -0.15) is 0 Å². The summed E-state index contributed by atoms with van der Waals surface area (Å²) in [7, 11) is 0. The summed E-state index contributed by atoms with van der Waals surface area (Å²) in [4.78, 5) is 22.1. The van der Waals surface area contributed by atoms with Crippen molar-refractivity contribution in [3.05, 3.63) is 0 Å². The van der Waals surface area contributed by atoms with Gasteiger partial charge in [0.1, 0.15) is 6.04 Å². The molecule has 1 rings (SSSR count). The van der Waals surface area contributed by atoms with E-state index in [-0.39, 0.29) is 19.1 Å². The van der Waals surface area contributed by atoms with Gasteiger partial charge in [-0.1, -0.05) is 0 Å². The number of hydrogen-bond acceptors (Lipinski definition) is 3. The molecule has 1 aliphatic carbocycles. The van der Waals surface area contributed by atoms with Crippen molar-refractivity contribution in [3.8, 4) is 0 Å². The zero-order chi connectivity index (χ0) is 12.1. The lowest BCUT2D eigenvalue weighted by Gasteiger charge is -2.17. The molecule has 0 saturated heterocycles. The second-order valence-electron chi connectivity index (χ2n) is 4.15. The highest BCUT2D eigenvalue weighted by Gasteiger charge is 2.29. The quantitative estimate of drug-likeness (QED) is 0.513. The number of amides is 2. The van der Waals surface area contributed by atoms with Gasteiger partial charge in [0.05, 0.1) is 0 Å². The van der Waals surface area contributed by atoms with Crippen LogP contribution in [0.25, 0.3) is 0 Å². The first-order valence-electron chi connectivity index (χ1n) is 5.45. The summed E-state index contributed by atoms with van der Waals surface area (Å²) in [6, 6.07) is -1.44. The zero-order valence-corrected chi connectivity index (χ0v) is 9.27. The van der Waals surface area contributed by atoms with Crippen LogP contribution in [0.15, 0.2) is 0 Å². The Morgan fingerprint density at radius 1 is 1.38 bits per heavy atom. The van der Waals surface area contributed by atoms with E-state index < -0.39 is 18.0 Å². The lowest BCUT2D eigenvalue weighted by molar-refractivity contribution is -0.139. The number of carbonyl (C=O) groups excluding carboxylic acids is 1. The maximum Gasteiger partial charge on any atom is 0.326 e. The van der Waals surface area contributed by atoms with E-state index in [0.29, 0.717) is 5.92 Å². The molecule has 0 aromatic rings. The third kappa shape index (κ3) is 4.06. The number of nitrogens with one attached hydrogen (secondary N) is 2. The van der Waals surface area contributed by atoms with Gasteiger partial charge in [-0.25, -0.2) is 9.59 Å². The van der Waals surface area contributed by atoms with Crippen molar-refractivity contribution in [2.24, 2.45) is 5.92 Å². The van der Waals surface area contributed by atoms with Gasteiger partial charge in [0.15, 0.2) is 0 Å². The maximum atomic E-state index is 11.4. The summed E-state index contributed by atoms with van der Waals surface area (Å²) >= 11 is 0. The summed E-state index contributed by atoms with van der Waals surface area (Å²) in [6.45, 7) is 1.63. The Kier molecular flexibility index (Phi) is 4.54. The second kappa shape index (κ2) is 5.69. The Morgan fingerprint density at radius 2 is 2.00 bits per heavy atom. The topological polar surface area (TPSA) is 98.7 Å². The number of aliphatic carboxylic acids is 1.